The van der Waals surface area contributed by atoms with E-state index in [2.05, 4.69) is 29.3 Å². The van der Waals surface area contributed by atoms with E-state index in [4.69, 9.17) is 4.74 Å². The van der Waals surface area contributed by atoms with E-state index in [0.29, 0.717) is 5.75 Å². The van der Waals surface area contributed by atoms with Crippen molar-refractivity contribution in [2.24, 2.45) is 0 Å². The van der Waals surface area contributed by atoms with Gasteiger partial charge in [-0.3, -0.25) is 4.57 Å². The van der Waals surface area contributed by atoms with E-state index in [1.807, 2.05) is 59.2 Å². The molecular weight excluding hydrogens is 370 g/mol. The molecule has 0 saturated carbocycles. The second-order valence-electron chi connectivity index (χ2n) is 6.55. The molecule has 0 aliphatic carbocycles. The summed E-state index contributed by atoms with van der Waals surface area (Å²) in [7, 11) is 0. The zero-order chi connectivity index (χ0) is 19.3. The highest BCUT2D eigenvalue weighted by atomic mass is 32.2. The van der Waals surface area contributed by atoms with Crippen LogP contribution in [0.5, 0.6) is 5.75 Å². The van der Waals surface area contributed by atoms with E-state index in [0.717, 1.165) is 27.5 Å². The summed E-state index contributed by atoms with van der Waals surface area (Å²) < 4.78 is 7.72. The highest BCUT2D eigenvalue weighted by Crippen LogP contribution is 2.23. The van der Waals surface area contributed by atoms with Gasteiger partial charge in [0.05, 0.1) is 11.8 Å². The number of thioether (sulfide) groups is 1. The summed E-state index contributed by atoms with van der Waals surface area (Å²) in [5, 5.41) is 21.6. The monoisotopic (exact) mass is 391 g/mol. The SMILES string of the molecule is Cc1ccccc1-n1cnnc1SCC(O)COc1ccc2ccccc2c1. The molecule has 0 fully saturated rings. The summed E-state index contributed by atoms with van der Waals surface area (Å²) in [6, 6.07) is 22.1. The van der Waals surface area contributed by atoms with Crippen LogP contribution in [0.3, 0.4) is 0 Å². The maximum absolute atomic E-state index is 10.3. The predicted molar refractivity (Wildman–Crippen MR) is 112 cm³/mol. The van der Waals surface area contributed by atoms with E-state index in [9.17, 15) is 5.11 Å². The highest BCUT2D eigenvalue weighted by Gasteiger charge is 2.12. The quantitative estimate of drug-likeness (QED) is 0.477. The van der Waals surface area contributed by atoms with Gasteiger partial charge < -0.3 is 9.84 Å². The average molecular weight is 391 g/mol. The minimum absolute atomic E-state index is 0.226. The average Bonchev–Trinajstić information content (AvgIpc) is 3.19. The molecule has 142 valence electrons. The fourth-order valence-electron chi connectivity index (χ4n) is 2.99. The van der Waals surface area contributed by atoms with Gasteiger partial charge in [-0.05, 0) is 41.5 Å². The Kier molecular flexibility index (Phi) is 5.60. The van der Waals surface area contributed by atoms with Crippen molar-refractivity contribution in [2.75, 3.05) is 12.4 Å². The Hall–Kier alpha value is -2.83. The van der Waals surface area contributed by atoms with Crippen molar-refractivity contribution in [3.63, 3.8) is 0 Å². The molecule has 0 aliphatic rings. The zero-order valence-corrected chi connectivity index (χ0v) is 16.3. The number of hydrogen-bond acceptors (Lipinski definition) is 5. The third-order valence-electron chi connectivity index (χ3n) is 4.46. The normalized spacial score (nSPS) is 12.2. The number of rotatable bonds is 7. The lowest BCUT2D eigenvalue weighted by Gasteiger charge is -2.13. The molecule has 4 aromatic rings. The number of aliphatic hydroxyl groups is 1. The van der Waals surface area contributed by atoms with Gasteiger partial charge in [0.25, 0.3) is 0 Å². The summed E-state index contributed by atoms with van der Waals surface area (Å²) >= 11 is 1.46. The van der Waals surface area contributed by atoms with Gasteiger partial charge in [0.15, 0.2) is 5.16 Å². The number of aryl methyl sites for hydroxylation is 1. The first-order valence-electron chi connectivity index (χ1n) is 9.09. The minimum Gasteiger partial charge on any atom is -0.491 e. The van der Waals surface area contributed by atoms with Crippen LogP contribution in [0.1, 0.15) is 5.56 Å². The minimum atomic E-state index is -0.613. The number of aromatic nitrogens is 3. The predicted octanol–water partition coefficient (Wildman–Crippen LogP) is 4.26. The van der Waals surface area contributed by atoms with Crippen molar-refractivity contribution in [3.8, 4) is 11.4 Å². The van der Waals surface area contributed by atoms with Gasteiger partial charge in [-0.2, -0.15) is 0 Å². The summed E-state index contributed by atoms with van der Waals surface area (Å²) in [5.74, 6) is 1.23. The van der Waals surface area contributed by atoms with E-state index in [-0.39, 0.29) is 6.61 Å². The van der Waals surface area contributed by atoms with Crippen molar-refractivity contribution < 1.29 is 9.84 Å². The van der Waals surface area contributed by atoms with Gasteiger partial charge in [0.2, 0.25) is 0 Å². The zero-order valence-electron chi connectivity index (χ0n) is 15.5. The third kappa shape index (κ3) is 4.18. The molecule has 0 spiro atoms. The Bertz CT molecular complexity index is 1080. The molecule has 1 aromatic heterocycles. The molecule has 28 heavy (non-hydrogen) atoms. The number of fused-ring (bicyclic) bond motifs is 1. The van der Waals surface area contributed by atoms with Crippen LogP contribution >= 0.6 is 11.8 Å². The number of nitrogens with zero attached hydrogens (tertiary/aromatic N) is 3. The summed E-state index contributed by atoms with van der Waals surface area (Å²) in [6.07, 6.45) is 1.08. The largest absolute Gasteiger partial charge is 0.491 e. The van der Waals surface area contributed by atoms with Crippen LogP contribution in [0.4, 0.5) is 0 Å². The van der Waals surface area contributed by atoms with E-state index in [1.165, 1.54) is 17.1 Å². The topological polar surface area (TPSA) is 60.2 Å². The van der Waals surface area contributed by atoms with Crippen molar-refractivity contribution in [3.05, 3.63) is 78.6 Å². The number of para-hydroxylation sites is 1. The van der Waals surface area contributed by atoms with Gasteiger partial charge >= 0.3 is 0 Å². The number of ether oxygens (including phenoxy) is 1. The van der Waals surface area contributed by atoms with Gasteiger partial charge in [0.1, 0.15) is 18.7 Å². The maximum atomic E-state index is 10.3. The Morgan fingerprint density at radius 3 is 2.68 bits per heavy atom. The van der Waals surface area contributed by atoms with Gasteiger partial charge in [-0.1, -0.05) is 60.3 Å². The van der Waals surface area contributed by atoms with Crippen LogP contribution in [0.25, 0.3) is 16.5 Å². The number of aliphatic hydroxyl groups excluding tert-OH is 1. The van der Waals surface area contributed by atoms with Crippen molar-refractivity contribution in [1.29, 1.82) is 0 Å². The smallest absolute Gasteiger partial charge is 0.195 e. The van der Waals surface area contributed by atoms with Crippen LogP contribution in [-0.2, 0) is 0 Å². The van der Waals surface area contributed by atoms with Crippen LogP contribution in [-0.4, -0.2) is 38.3 Å². The Labute approximate surface area is 168 Å². The molecule has 0 radical (unpaired) electrons. The van der Waals surface area contributed by atoms with Crippen LogP contribution in [0.15, 0.2) is 78.2 Å². The summed E-state index contributed by atoms with van der Waals surface area (Å²) in [4.78, 5) is 0. The molecule has 1 heterocycles. The summed E-state index contributed by atoms with van der Waals surface area (Å²) in [6.45, 7) is 2.28. The van der Waals surface area contributed by atoms with Crippen LogP contribution < -0.4 is 4.74 Å². The molecule has 0 amide bonds. The number of hydrogen-bond donors (Lipinski definition) is 1. The lowest BCUT2D eigenvalue weighted by molar-refractivity contribution is 0.126. The van der Waals surface area contributed by atoms with Crippen molar-refractivity contribution in [1.82, 2.24) is 14.8 Å². The number of benzene rings is 3. The molecule has 1 N–H and O–H groups in total. The summed E-state index contributed by atoms with van der Waals surface area (Å²) in [5.41, 5.74) is 2.18. The molecule has 1 unspecified atom stereocenters. The van der Waals surface area contributed by atoms with Crippen molar-refractivity contribution >= 4 is 22.5 Å². The Balaban J connectivity index is 1.35. The van der Waals surface area contributed by atoms with Crippen LogP contribution in [0, 0.1) is 6.92 Å². The first kappa shape index (κ1) is 18.5. The molecule has 6 heteroatoms. The van der Waals surface area contributed by atoms with E-state index < -0.39 is 6.10 Å². The Morgan fingerprint density at radius 2 is 1.82 bits per heavy atom. The second kappa shape index (κ2) is 8.46. The van der Waals surface area contributed by atoms with Crippen molar-refractivity contribution in [2.45, 2.75) is 18.2 Å². The van der Waals surface area contributed by atoms with Gasteiger partial charge in [-0.25, -0.2) is 0 Å². The molecule has 0 aliphatic heterocycles. The molecule has 1 atom stereocenters. The lowest BCUT2D eigenvalue weighted by Crippen LogP contribution is -2.20. The van der Waals surface area contributed by atoms with Gasteiger partial charge in [-0.15, -0.1) is 10.2 Å². The molecule has 4 rings (SSSR count). The maximum Gasteiger partial charge on any atom is 0.195 e. The standard InChI is InChI=1S/C22H21N3O2S/c1-16-6-2-5-9-21(16)25-15-23-24-22(25)28-14-19(26)13-27-20-11-10-17-7-3-4-8-18(17)12-20/h2-12,15,19,26H,13-14H2,1H3. The first-order valence-corrected chi connectivity index (χ1v) is 10.1. The molecule has 0 saturated heterocycles. The molecule has 3 aromatic carbocycles. The highest BCUT2D eigenvalue weighted by molar-refractivity contribution is 7.99. The van der Waals surface area contributed by atoms with Crippen LogP contribution in [0.2, 0.25) is 0 Å². The van der Waals surface area contributed by atoms with E-state index >= 15 is 0 Å². The third-order valence-corrected chi connectivity index (χ3v) is 5.55. The molecular formula is C22H21N3O2S. The first-order chi connectivity index (χ1) is 13.7. The lowest BCUT2D eigenvalue weighted by atomic mass is 10.1. The second-order valence-corrected chi connectivity index (χ2v) is 7.54. The van der Waals surface area contributed by atoms with E-state index in [1.54, 1.807) is 6.33 Å². The van der Waals surface area contributed by atoms with Gasteiger partial charge in [0, 0.05) is 5.75 Å². The Morgan fingerprint density at radius 1 is 1.04 bits per heavy atom. The fraction of sp³-hybridized carbons (Fsp3) is 0.182. The fourth-order valence-corrected chi connectivity index (χ4v) is 3.82. The molecule has 0 bridgehead atoms. The molecule has 5 nitrogen and oxygen atoms in total.